The van der Waals surface area contributed by atoms with E-state index in [2.05, 4.69) is 42.0 Å². The number of nitrogens with zero attached hydrogens (tertiary/aromatic N) is 4. The highest BCUT2D eigenvalue weighted by atomic mass is 16.5. The van der Waals surface area contributed by atoms with Crippen LogP contribution >= 0.6 is 0 Å². The van der Waals surface area contributed by atoms with E-state index in [1.165, 1.54) is 5.56 Å². The van der Waals surface area contributed by atoms with Gasteiger partial charge >= 0.3 is 0 Å². The minimum absolute atomic E-state index is 0.0403. The van der Waals surface area contributed by atoms with E-state index in [0.29, 0.717) is 43.2 Å². The molecule has 2 aliphatic heterocycles. The molecule has 0 bridgehead atoms. The van der Waals surface area contributed by atoms with Gasteiger partial charge in [0.1, 0.15) is 12.7 Å². The highest BCUT2D eigenvalue weighted by molar-refractivity contribution is 5.83. The number of carbonyl (C=O) groups is 1. The number of aromatic nitrogens is 3. The third-order valence-corrected chi connectivity index (χ3v) is 6.05. The van der Waals surface area contributed by atoms with Gasteiger partial charge in [0, 0.05) is 31.4 Å². The molecule has 0 N–H and O–H groups in total. The number of fused-ring (bicyclic) bond motifs is 2. The molecule has 8 nitrogen and oxygen atoms in total. The van der Waals surface area contributed by atoms with Crippen LogP contribution in [0.4, 0.5) is 0 Å². The molecule has 1 atom stereocenters. The lowest BCUT2D eigenvalue weighted by molar-refractivity contribution is -0.137. The van der Waals surface area contributed by atoms with Gasteiger partial charge in [0.15, 0.2) is 5.52 Å². The van der Waals surface area contributed by atoms with E-state index in [0.717, 1.165) is 16.8 Å². The molecule has 166 valence electrons. The summed E-state index contributed by atoms with van der Waals surface area (Å²) < 4.78 is 17.8. The monoisotopic (exact) mass is 434 g/mol. The van der Waals surface area contributed by atoms with Gasteiger partial charge in [0.05, 0.1) is 36.6 Å². The van der Waals surface area contributed by atoms with E-state index in [4.69, 9.17) is 19.2 Å². The molecule has 32 heavy (non-hydrogen) atoms. The number of morpholine rings is 1. The Morgan fingerprint density at radius 3 is 2.94 bits per heavy atom. The lowest BCUT2D eigenvalue weighted by Crippen LogP contribution is -2.46. The van der Waals surface area contributed by atoms with Crippen LogP contribution in [-0.4, -0.2) is 58.2 Å². The highest BCUT2D eigenvalue weighted by Gasteiger charge is 2.31. The van der Waals surface area contributed by atoms with Gasteiger partial charge in [-0.3, -0.25) is 9.78 Å². The van der Waals surface area contributed by atoms with Crippen molar-refractivity contribution in [3.63, 3.8) is 0 Å². The summed E-state index contributed by atoms with van der Waals surface area (Å²) in [6, 6.07) is 8.20. The molecule has 1 fully saturated rings. The van der Waals surface area contributed by atoms with Crippen molar-refractivity contribution in [2.24, 2.45) is 0 Å². The number of rotatable bonds is 4. The van der Waals surface area contributed by atoms with Crippen LogP contribution in [0.2, 0.25) is 0 Å². The zero-order valence-electron chi connectivity index (χ0n) is 18.5. The Morgan fingerprint density at radius 1 is 1.25 bits per heavy atom. The number of benzene rings is 1. The Morgan fingerprint density at radius 2 is 2.09 bits per heavy atom. The molecular formula is C24H26N4O4. The Kier molecular flexibility index (Phi) is 5.27. The van der Waals surface area contributed by atoms with Crippen molar-refractivity contribution in [2.45, 2.75) is 39.1 Å². The van der Waals surface area contributed by atoms with Crippen molar-refractivity contribution in [1.82, 2.24) is 19.9 Å². The van der Waals surface area contributed by atoms with Crippen LogP contribution in [0, 0.1) is 0 Å². The first-order valence-corrected chi connectivity index (χ1v) is 10.8. The Labute approximate surface area is 186 Å². The minimum Gasteiger partial charge on any atom is -0.473 e. The molecule has 1 amide bonds. The highest BCUT2D eigenvalue weighted by Crippen LogP contribution is 2.38. The normalized spacial score (nSPS) is 19.7. The summed E-state index contributed by atoms with van der Waals surface area (Å²) in [5, 5.41) is 0. The number of ether oxygens (including phenoxy) is 3. The average molecular weight is 434 g/mol. The minimum atomic E-state index is -0.280. The van der Waals surface area contributed by atoms with Gasteiger partial charge in [-0.05, 0) is 37.1 Å². The van der Waals surface area contributed by atoms with Crippen LogP contribution in [0.1, 0.15) is 31.9 Å². The van der Waals surface area contributed by atoms with E-state index in [-0.39, 0.29) is 24.2 Å². The maximum Gasteiger partial charge on any atom is 0.242 e. The fourth-order valence-electron chi connectivity index (χ4n) is 4.27. The van der Waals surface area contributed by atoms with Gasteiger partial charge in [0.2, 0.25) is 11.8 Å². The fraction of sp³-hybridized carbons (Fsp3) is 0.417. The molecule has 0 spiro atoms. The van der Waals surface area contributed by atoms with E-state index in [1.807, 2.05) is 6.07 Å². The molecule has 0 unspecified atom stereocenters. The van der Waals surface area contributed by atoms with Gasteiger partial charge < -0.3 is 19.1 Å². The second-order valence-electron chi connectivity index (χ2n) is 8.68. The Bertz CT molecular complexity index is 1180. The number of carbonyl (C=O) groups excluding carboxylic acids is 1. The van der Waals surface area contributed by atoms with Gasteiger partial charge in [-0.2, -0.15) is 0 Å². The summed E-state index contributed by atoms with van der Waals surface area (Å²) in [6.45, 7) is 8.18. The zero-order valence-corrected chi connectivity index (χ0v) is 18.5. The maximum absolute atomic E-state index is 11.7. The molecule has 8 heteroatoms. The first kappa shape index (κ1) is 20.8. The molecule has 1 saturated heterocycles. The van der Waals surface area contributed by atoms with Crippen LogP contribution in [0.25, 0.3) is 22.3 Å². The molecule has 0 radical (unpaired) electrons. The standard InChI is InChI=1S/C24H26N4O4/c1-15(29)28-8-9-30-18(12-28)14-31-23-22-21(25-6-7-26-22)11-20(27-23)16-4-5-19-17(10-16)13-32-24(19,2)3/h4-7,10-11,18H,8-9,12-14H2,1-3H3/t18-/m0/s1. The van der Waals surface area contributed by atoms with Crippen molar-refractivity contribution in [1.29, 1.82) is 0 Å². The summed E-state index contributed by atoms with van der Waals surface area (Å²) >= 11 is 0. The first-order valence-electron chi connectivity index (χ1n) is 10.8. The number of hydrogen-bond donors (Lipinski definition) is 0. The molecule has 0 saturated carbocycles. The quantitative estimate of drug-likeness (QED) is 0.624. The molecule has 2 aromatic heterocycles. The second kappa shape index (κ2) is 8.11. The summed E-state index contributed by atoms with van der Waals surface area (Å²) in [4.78, 5) is 27.1. The van der Waals surface area contributed by atoms with Gasteiger partial charge in [0.25, 0.3) is 0 Å². The van der Waals surface area contributed by atoms with Crippen molar-refractivity contribution in [2.75, 3.05) is 26.3 Å². The summed E-state index contributed by atoms with van der Waals surface area (Å²) in [5.41, 5.74) is 5.12. The van der Waals surface area contributed by atoms with Crippen LogP contribution in [0.3, 0.4) is 0 Å². The van der Waals surface area contributed by atoms with Crippen LogP contribution in [0.5, 0.6) is 5.88 Å². The topological polar surface area (TPSA) is 86.7 Å². The lowest BCUT2D eigenvalue weighted by atomic mass is 9.94. The molecule has 0 aliphatic carbocycles. The Hall–Kier alpha value is -3.10. The number of hydrogen-bond acceptors (Lipinski definition) is 7. The van der Waals surface area contributed by atoms with Gasteiger partial charge in [-0.25, -0.2) is 9.97 Å². The smallest absolute Gasteiger partial charge is 0.242 e. The molecule has 1 aromatic carbocycles. The number of amides is 1. The third kappa shape index (κ3) is 3.91. The number of pyridine rings is 1. The summed E-state index contributed by atoms with van der Waals surface area (Å²) in [7, 11) is 0. The van der Waals surface area contributed by atoms with Crippen molar-refractivity contribution < 1.29 is 19.0 Å². The molecule has 2 aliphatic rings. The van der Waals surface area contributed by atoms with E-state index in [1.54, 1.807) is 24.2 Å². The zero-order chi connectivity index (χ0) is 22.3. The summed E-state index contributed by atoms with van der Waals surface area (Å²) in [5.74, 6) is 0.449. The molecule has 3 aromatic rings. The summed E-state index contributed by atoms with van der Waals surface area (Å²) in [6.07, 6.45) is 3.06. The Balaban J connectivity index is 1.44. The van der Waals surface area contributed by atoms with Gasteiger partial charge in [-0.15, -0.1) is 0 Å². The molecule has 4 heterocycles. The van der Waals surface area contributed by atoms with Crippen LogP contribution in [-0.2, 0) is 26.5 Å². The van der Waals surface area contributed by atoms with Crippen molar-refractivity contribution in [3.8, 4) is 17.1 Å². The van der Waals surface area contributed by atoms with Crippen LogP contribution < -0.4 is 4.74 Å². The van der Waals surface area contributed by atoms with E-state index < -0.39 is 0 Å². The second-order valence-corrected chi connectivity index (χ2v) is 8.68. The SMILES string of the molecule is CC(=O)N1CCO[C@H](COc2nc(-c3ccc4c(c3)COC4(C)C)cc3nccnc23)C1. The van der Waals surface area contributed by atoms with Crippen LogP contribution in [0.15, 0.2) is 36.7 Å². The first-order chi connectivity index (χ1) is 15.4. The largest absolute Gasteiger partial charge is 0.473 e. The predicted octanol–water partition coefficient (Wildman–Crippen LogP) is 3.08. The molecular weight excluding hydrogens is 408 g/mol. The fourth-order valence-corrected chi connectivity index (χ4v) is 4.27. The van der Waals surface area contributed by atoms with Crippen molar-refractivity contribution >= 4 is 16.9 Å². The van der Waals surface area contributed by atoms with Gasteiger partial charge in [-0.1, -0.05) is 12.1 Å². The van der Waals surface area contributed by atoms with E-state index >= 15 is 0 Å². The van der Waals surface area contributed by atoms with E-state index in [9.17, 15) is 4.79 Å². The van der Waals surface area contributed by atoms with Crippen molar-refractivity contribution in [3.05, 3.63) is 47.8 Å². The third-order valence-electron chi connectivity index (χ3n) is 6.05. The maximum atomic E-state index is 11.7. The lowest BCUT2D eigenvalue weighted by Gasteiger charge is -2.32. The molecule has 5 rings (SSSR count). The average Bonchev–Trinajstić information content (AvgIpc) is 3.11. The predicted molar refractivity (Wildman–Crippen MR) is 118 cm³/mol.